The highest BCUT2D eigenvalue weighted by Gasteiger charge is 2.51. The van der Waals surface area contributed by atoms with Crippen molar-refractivity contribution in [1.82, 2.24) is 19.9 Å². The van der Waals surface area contributed by atoms with Crippen LogP contribution in [0.4, 0.5) is 10.2 Å². The van der Waals surface area contributed by atoms with Crippen LogP contribution in [0.1, 0.15) is 49.1 Å². The van der Waals surface area contributed by atoms with Crippen molar-refractivity contribution in [2.45, 2.75) is 63.1 Å². The van der Waals surface area contributed by atoms with Gasteiger partial charge < -0.3 is 14.8 Å². The Hall–Kier alpha value is -3.17. The zero-order valence-electron chi connectivity index (χ0n) is 20.6. The van der Waals surface area contributed by atoms with Crippen molar-refractivity contribution in [3.05, 3.63) is 53.2 Å². The number of pyridine rings is 3. The summed E-state index contributed by atoms with van der Waals surface area (Å²) >= 11 is 0. The van der Waals surface area contributed by atoms with Crippen molar-refractivity contribution in [3.8, 4) is 5.75 Å². The average molecular weight is 492 g/mol. The molecule has 0 unspecified atom stereocenters. The van der Waals surface area contributed by atoms with Crippen molar-refractivity contribution in [2.75, 3.05) is 25.6 Å². The van der Waals surface area contributed by atoms with Gasteiger partial charge in [0.05, 0.1) is 35.1 Å². The van der Waals surface area contributed by atoms with E-state index in [-0.39, 0.29) is 29.5 Å². The molecule has 7 rings (SSSR count). The summed E-state index contributed by atoms with van der Waals surface area (Å²) in [6.07, 6.45) is 6.57. The summed E-state index contributed by atoms with van der Waals surface area (Å²) in [7, 11) is 2.12. The van der Waals surface area contributed by atoms with Crippen LogP contribution in [-0.4, -0.2) is 57.2 Å². The van der Waals surface area contributed by atoms with Crippen LogP contribution in [0.2, 0.25) is 0 Å². The number of nitrogens with zero attached hydrogens (tertiary/aromatic N) is 4. The molecule has 6 heterocycles. The average Bonchev–Trinajstić information content (AvgIpc) is 2.89. The first-order valence-electron chi connectivity index (χ1n) is 12.5. The molecule has 1 amide bonds. The molecule has 1 saturated carbocycles. The molecule has 188 valence electrons. The van der Waals surface area contributed by atoms with Crippen molar-refractivity contribution >= 4 is 22.8 Å². The summed E-state index contributed by atoms with van der Waals surface area (Å²) in [6, 6.07) is 7.62. The number of carbonyl (C=O) groups excluding carboxylic acids is 1. The summed E-state index contributed by atoms with van der Waals surface area (Å²) in [6.45, 7) is 3.23. The number of aryl methyl sites for hydroxylation is 2. The Morgan fingerprint density at radius 3 is 2.75 bits per heavy atom. The van der Waals surface area contributed by atoms with Gasteiger partial charge in [-0.1, -0.05) is 0 Å². The fourth-order valence-electron chi connectivity index (χ4n) is 5.85. The summed E-state index contributed by atoms with van der Waals surface area (Å²) < 4.78 is 26.7. The summed E-state index contributed by atoms with van der Waals surface area (Å²) in [5.74, 6) is 0.606. The molecule has 0 radical (unpaired) electrons. The fraction of sp³-hybridized carbons (Fsp3) is 0.481. The number of anilines is 1. The lowest BCUT2D eigenvalue weighted by Gasteiger charge is -2.56. The largest absolute Gasteiger partial charge is 0.480 e. The summed E-state index contributed by atoms with van der Waals surface area (Å²) in [5, 5.41) is 2.78. The molecule has 3 fully saturated rings. The van der Waals surface area contributed by atoms with Crippen molar-refractivity contribution < 1.29 is 18.7 Å². The lowest BCUT2D eigenvalue weighted by Crippen LogP contribution is -2.61. The molecule has 0 atom stereocenters. The molecule has 1 aliphatic carbocycles. The number of nitrogens with one attached hydrogen (secondary N) is 1. The van der Waals surface area contributed by atoms with E-state index in [1.807, 2.05) is 31.2 Å². The highest BCUT2D eigenvalue weighted by atomic mass is 19.1. The first-order valence-corrected chi connectivity index (χ1v) is 12.5. The van der Waals surface area contributed by atoms with Crippen LogP contribution in [0.15, 0.2) is 30.5 Å². The topological polar surface area (TPSA) is 89.5 Å². The van der Waals surface area contributed by atoms with Crippen molar-refractivity contribution in [2.24, 2.45) is 0 Å². The minimum absolute atomic E-state index is 0.0241. The van der Waals surface area contributed by atoms with E-state index in [4.69, 9.17) is 9.47 Å². The highest BCUT2D eigenvalue weighted by molar-refractivity contribution is 5.94. The third-order valence-corrected chi connectivity index (χ3v) is 8.22. The van der Waals surface area contributed by atoms with E-state index in [9.17, 15) is 9.18 Å². The molecule has 1 N–H and O–H groups in total. The zero-order chi connectivity index (χ0) is 24.9. The van der Waals surface area contributed by atoms with Crippen molar-refractivity contribution in [1.29, 1.82) is 0 Å². The van der Waals surface area contributed by atoms with Crippen LogP contribution in [0.3, 0.4) is 0 Å². The smallest absolute Gasteiger partial charge is 0.263 e. The maximum absolute atomic E-state index is 14.8. The monoisotopic (exact) mass is 491 g/mol. The quantitative estimate of drug-likeness (QED) is 0.559. The lowest BCUT2D eigenvalue weighted by atomic mass is 9.68. The number of hydrogen-bond donors (Lipinski definition) is 1. The minimum atomic E-state index is -0.295. The maximum atomic E-state index is 14.8. The van der Waals surface area contributed by atoms with Gasteiger partial charge in [0.25, 0.3) is 5.91 Å². The first-order chi connectivity index (χ1) is 17.3. The maximum Gasteiger partial charge on any atom is 0.263 e. The predicted octanol–water partition coefficient (Wildman–Crippen LogP) is 3.95. The molecule has 3 aliphatic heterocycles. The fourth-order valence-corrected chi connectivity index (χ4v) is 5.85. The van der Waals surface area contributed by atoms with E-state index in [1.54, 1.807) is 0 Å². The van der Waals surface area contributed by atoms with E-state index >= 15 is 0 Å². The molecule has 8 nitrogen and oxygen atoms in total. The Bertz CT molecular complexity index is 1320. The second kappa shape index (κ2) is 8.74. The van der Waals surface area contributed by atoms with Gasteiger partial charge in [0.1, 0.15) is 5.82 Å². The molecule has 2 bridgehead atoms. The Morgan fingerprint density at radius 2 is 1.97 bits per heavy atom. The minimum Gasteiger partial charge on any atom is -0.480 e. The van der Waals surface area contributed by atoms with Crippen molar-refractivity contribution in [3.63, 3.8) is 0 Å². The number of halogens is 1. The van der Waals surface area contributed by atoms with E-state index in [0.29, 0.717) is 42.2 Å². The van der Waals surface area contributed by atoms with E-state index in [2.05, 4.69) is 32.2 Å². The third kappa shape index (κ3) is 4.10. The Labute approximate surface area is 209 Å². The lowest BCUT2D eigenvalue weighted by molar-refractivity contribution is -0.193. The van der Waals surface area contributed by atoms with Gasteiger partial charge in [-0.15, -0.1) is 0 Å². The number of fused-ring (bicyclic) bond motifs is 5. The number of ether oxygens (including phenoxy) is 2. The van der Waals surface area contributed by atoms with E-state index in [1.165, 1.54) is 6.20 Å². The molecule has 4 aliphatic rings. The van der Waals surface area contributed by atoms with Crippen LogP contribution in [0.25, 0.3) is 11.0 Å². The van der Waals surface area contributed by atoms with Gasteiger partial charge in [-0.2, -0.15) is 0 Å². The highest BCUT2D eigenvalue weighted by Crippen LogP contribution is 2.48. The number of amides is 1. The van der Waals surface area contributed by atoms with E-state index < -0.39 is 0 Å². The SMILES string of the molecule is Cc1ccc2ncc(F)c(CCC34CCC(N(C)Cc5ccc6c(n5)NC(=O)CO6)(CC3)CO4)c2n1. The van der Waals surface area contributed by atoms with Gasteiger partial charge in [0.15, 0.2) is 18.2 Å². The Morgan fingerprint density at radius 1 is 1.14 bits per heavy atom. The summed E-state index contributed by atoms with van der Waals surface area (Å²) in [4.78, 5) is 27.4. The normalized spacial score (nSPS) is 25.1. The number of rotatable bonds is 6. The van der Waals surface area contributed by atoms with Gasteiger partial charge in [-0.3, -0.25) is 19.7 Å². The number of aromatic nitrogens is 3. The molecule has 9 heteroatoms. The number of likely N-dealkylation sites (N-methyl/N-ethyl adjacent to an activating group) is 1. The van der Waals surface area contributed by atoms with Crippen LogP contribution in [0, 0.1) is 12.7 Å². The molecule has 3 aromatic heterocycles. The van der Waals surface area contributed by atoms with Gasteiger partial charge in [-0.25, -0.2) is 9.37 Å². The Balaban J connectivity index is 1.12. The zero-order valence-corrected chi connectivity index (χ0v) is 20.6. The predicted molar refractivity (Wildman–Crippen MR) is 132 cm³/mol. The Kier molecular flexibility index (Phi) is 5.64. The van der Waals surface area contributed by atoms with Gasteiger partial charge in [0, 0.05) is 23.3 Å². The van der Waals surface area contributed by atoms with Crippen LogP contribution < -0.4 is 10.1 Å². The standard InChI is InChI=1S/C27H30FN5O3/c1-17-3-5-21-24(30-17)19(20(28)13-29-21)7-8-27-11-9-26(10-12-27,16-36-27)33(2)14-18-4-6-22-25(31-18)32-23(34)15-35-22/h3-6,13H,7-12,14-16H2,1-2H3,(H,31,32,34). The molecule has 0 spiro atoms. The second-order valence-corrected chi connectivity index (χ2v) is 10.4. The molecular weight excluding hydrogens is 461 g/mol. The molecule has 2 saturated heterocycles. The first kappa shape index (κ1) is 23.2. The second-order valence-electron chi connectivity index (χ2n) is 10.4. The molecular formula is C27H30FN5O3. The molecule has 0 aromatic carbocycles. The molecule has 3 aromatic rings. The van der Waals surface area contributed by atoms with Gasteiger partial charge >= 0.3 is 0 Å². The third-order valence-electron chi connectivity index (χ3n) is 8.22. The number of carbonyl (C=O) groups is 1. The van der Waals surface area contributed by atoms with Gasteiger partial charge in [0.2, 0.25) is 0 Å². The van der Waals surface area contributed by atoms with Crippen LogP contribution in [0.5, 0.6) is 5.75 Å². The van der Waals surface area contributed by atoms with Crippen LogP contribution in [-0.2, 0) is 22.5 Å². The van der Waals surface area contributed by atoms with Gasteiger partial charge in [-0.05, 0) is 76.8 Å². The molecule has 36 heavy (non-hydrogen) atoms. The summed E-state index contributed by atoms with van der Waals surface area (Å²) in [5.41, 5.74) is 3.48. The van der Waals surface area contributed by atoms with E-state index in [0.717, 1.165) is 49.0 Å². The number of hydrogen-bond acceptors (Lipinski definition) is 7. The van der Waals surface area contributed by atoms with Crippen LogP contribution >= 0.6 is 0 Å².